The minimum Gasteiger partial charge on any atom is -0.439 e. The Balaban J connectivity index is 1.46. The number of rotatable bonds is 5. The Morgan fingerprint density at radius 2 is 1.71 bits per heavy atom. The first kappa shape index (κ1) is 21.6. The fourth-order valence-corrected chi connectivity index (χ4v) is 4.38. The molecule has 0 bridgehead atoms. The Morgan fingerprint density at radius 1 is 1.00 bits per heavy atom. The van der Waals surface area contributed by atoms with E-state index < -0.39 is 5.91 Å². The normalized spacial score (nSPS) is 18.1. The molecule has 34 heavy (non-hydrogen) atoms. The summed E-state index contributed by atoms with van der Waals surface area (Å²) in [6.45, 7) is 2.44. The van der Waals surface area contributed by atoms with Gasteiger partial charge in [0.1, 0.15) is 0 Å². The molecule has 3 heterocycles. The van der Waals surface area contributed by atoms with E-state index in [1.807, 2.05) is 60.4 Å². The van der Waals surface area contributed by atoms with E-state index in [2.05, 4.69) is 15.2 Å². The molecule has 0 spiro atoms. The average molecular weight is 457 g/mol. The highest BCUT2D eigenvalue weighted by Crippen LogP contribution is 2.34. The molecule has 2 N–H and O–H groups in total. The van der Waals surface area contributed by atoms with E-state index in [0.29, 0.717) is 29.4 Å². The van der Waals surface area contributed by atoms with Gasteiger partial charge in [-0.2, -0.15) is 15.0 Å². The van der Waals surface area contributed by atoms with Crippen LogP contribution in [0.15, 0.2) is 71.4 Å². The number of benzene rings is 2. The van der Waals surface area contributed by atoms with E-state index >= 15 is 0 Å². The molecule has 1 aliphatic rings. The van der Waals surface area contributed by atoms with Crippen LogP contribution in [0.2, 0.25) is 0 Å². The maximum absolute atomic E-state index is 13.6. The zero-order valence-corrected chi connectivity index (χ0v) is 18.7. The van der Waals surface area contributed by atoms with Crippen molar-refractivity contribution in [3.8, 4) is 17.0 Å². The van der Waals surface area contributed by atoms with Crippen molar-refractivity contribution in [2.75, 3.05) is 6.54 Å². The Labute approximate surface area is 196 Å². The lowest BCUT2D eigenvalue weighted by Crippen LogP contribution is -2.45. The molecule has 0 aliphatic carbocycles. The van der Waals surface area contributed by atoms with Gasteiger partial charge in [-0.3, -0.25) is 9.59 Å². The average Bonchev–Trinajstić information content (AvgIpc) is 3.55. The maximum atomic E-state index is 13.6. The van der Waals surface area contributed by atoms with Gasteiger partial charge in [-0.05, 0) is 31.9 Å². The SMILES string of the molecule is CC1CCC(c2nc(C(N)=O)c(-c3ccccc3)o2)CN1C(=O)c1ccccc1-n1nccn1. The van der Waals surface area contributed by atoms with Crippen LogP contribution in [-0.4, -0.2) is 49.3 Å². The molecule has 0 radical (unpaired) electrons. The summed E-state index contributed by atoms with van der Waals surface area (Å²) in [5.74, 6) is -0.151. The van der Waals surface area contributed by atoms with Crippen LogP contribution in [0, 0.1) is 0 Å². The summed E-state index contributed by atoms with van der Waals surface area (Å²) in [5.41, 5.74) is 7.56. The van der Waals surface area contributed by atoms with Crippen molar-refractivity contribution in [2.24, 2.45) is 5.73 Å². The van der Waals surface area contributed by atoms with Gasteiger partial charge in [0, 0.05) is 18.2 Å². The third-order valence-corrected chi connectivity index (χ3v) is 6.17. The number of primary amides is 1. The number of hydrogen-bond donors (Lipinski definition) is 1. The molecule has 1 aliphatic heterocycles. The van der Waals surface area contributed by atoms with Crippen LogP contribution in [0.25, 0.3) is 17.0 Å². The Morgan fingerprint density at radius 3 is 2.44 bits per heavy atom. The molecule has 9 nitrogen and oxygen atoms in total. The second-order valence-corrected chi connectivity index (χ2v) is 8.38. The maximum Gasteiger partial charge on any atom is 0.271 e. The van der Waals surface area contributed by atoms with E-state index in [-0.39, 0.29) is 23.6 Å². The number of aromatic nitrogens is 4. The van der Waals surface area contributed by atoms with E-state index in [9.17, 15) is 9.59 Å². The van der Waals surface area contributed by atoms with Crippen molar-refractivity contribution in [1.82, 2.24) is 24.9 Å². The lowest BCUT2D eigenvalue weighted by atomic mass is 9.92. The van der Waals surface area contributed by atoms with Crippen molar-refractivity contribution in [3.05, 3.63) is 84.1 Å². The van der Waals surface area contributed by atoms with Crippen LogP contribution in [0.1, 0.15) is 52.4 Å². The van der Waals surface area contributed by atoms with E-state index in [1.165, 1.54) is 4.80 Å². The zero-order chi connectivity index (χ0) is 23.7. The Kier molecular flexibility index (Phi) is 5.67. The molecule has 4 aromatic rings. The van der Waals surface area contributed by atoms with E-state index in [1.54, 1.807) is 18.5 Å². The third-order valence-electron chi connectivity index (χ3n) is 6.17. The number of carbonyl (C=O) groups is 2. The molecule has 2 aromatic heterocycles. The van der Waals surface area contributed by atoms with Crippen molar-refractivity contribution < 1.29 is 14.0 Å². The third kappa shape index (κ3) is 3.96. The van der Waals surface area contributed by atoms with Crippen molar-refractivity contribution in [3.63, 3.8) is 0 Å². The number of nitrogens with zero attached hydrogens (tertiary/aromatic N) is 5. The number of nitrogens with two attached hydrogens (primary N) is 1. The summed E-state index contributed by atoms with van der Waals surface area (Å²) >= 11 is 0. The molecular weight excluding hydrogens is 432 g/mol. The van der Waals surface area contributed by atoms with Crippen molar-refractivity contribution in [2.45, 2.75) is 31.7 Å². The number of piperidine rings is 1. The minimum atomic E-state index is -0.647. The molecule has 9 heteroatoms. The highest BCUT2D eigenvalue weighted by Gasteiger charge is 2.35. The topological polar surface area (TPSA) is 120 Å². The largest absolute Gasteiger partial charge is 0.439 e. The standard InChI is InChI=1S/C25H24N6O3/c1-16-11-12-18(24-29-21(23(26)32)22(34-24)17-7-3-2-4-8-17)15-30(16)25(33)19-9-5-6-10-20(19)31-27-13-14-28-31/h2-10,13-14,16,18H,11-12,15H2,1H3,(H2,26,32). The first-order chi connectivity index (χ1) is 16.5. The Hall–Kier alpha value is -4.27. The summed E-state index contributed by atoms with van der Waals surface area (Å²) in [4.78, 5) is 33.4. The molecule has 2 amide bonds. The van der Waals surface area contributed by atoms with Crippen molar-refractivity contribution >= 4 is 11.8 Å². The van der Waals surface area contributed by atoms with Crippen LogP contribution < -0.4 is 5.73 Å². The van der Waals surface area contributed by atoms with Crippen LogP contribution in [0.3, 0.4) is 0 Å². The summed E-state index contributed by atoms with van der Waals surface area (Å²) in [6.07, 6.45) is 4.70. The predicted molar refractivity (Wildman–Crippen MR) is 124 cm³/mol. The van der Waals surface area contributed by atoms with Crippen LogP contribution in [-0.2, 0) is 0 Å². The number of carbonyl (C=O) groups excluding carboxylic acids is 2. The van der Waals surface area contributed by atoms with Gasteiger partial charge in [0.05, 0.1) is 29.6 Å². The molecule has 5 rings (SSSR count). The lowest BCUT2D eigenvalue weighted by molar-refractivity contribution is 0.0596. The summed E-state index contributed by atoms with van der Waals surface area (Å²) in [7, 11) is 0. The van der Waals surface area contributed by atoms with Gasteiger partial charge in [-0.15, -0.1) is 0 Å². The summed E-state index contributed by atoms with van der Waals surface area (Å²) in [5, 5.41) is 8.36. The second-order valence-electron chi connectivity index (χ2n) is 8.38. The quantitative estimate of drug-likeness (QED) is 0.491. The number of amides is 2. The van der Waals surface area contributed by atoms with Gasteiger partial charge in [-0.25, -0.2) is 4.98 Å². The van der Waals surface area contributed by atoms with Gasteiger partial charge in [0.2, 0.25) is 5.89 Å². The molecule has 2 atom stereocenters. The molecule has 0 saturated carbocycles. The fraction of sp³-hybridized carbons (Fsp3) is 0.240. The van der Waals surface area contributed by atoms with Gasteiger partial charge in [-0.1, -0.05) is 42.5 Å². The molecule has 2 aromatic carbocycles. The highest BCUT2D eigenvalue weighted by molar-refractivity contribution is 5.98. The van der Waals surface area contributed by atoms with E-state index in [0.717, 1.165) is 18.4 Å². The van der Waals surface area contributed by atoms with E-state index in [4.69, 9.17) is 10.2 Å². The predicted octanol–water partition coefficient (Wildman–Crippen LogP) is 3.43. The van der Waals surface area contributed by atoms with Crippen LogP contribution in [0.4, 0.5) is 0 Å². The molecule has 1 fully saturated rings. The zero-order valence-electron chi connectivity index (χ0n) is 18.7. The van der Waals surface area contributed by atoms with Gasteiger partial charge < -0.3 is 15.1 Å². The highest BCUT2D eigenvalue weighted by atomic mass is 16.4. The molecule has 2 unspecified atom stereocenters. The first-order valence-electron chi connectivity index (χ1n) is 11.2. The minimum absolute atomic E-state index is 0.0292. The van der Waals surface area contributed by atoms with Crippen molar-refractivity contribution in [1.29, 1.82) is 0 Å². The fourth-order valence-electron chi connectivity index (χ4n) is 4.38. The van der Waals surface area contributed by atoms with Crippen LogP contribution >= 0.6 is 0 Å². The molecule has 172 valence electrons. The first-order valence-corrected chi connectivity index (χ1v) is 11.2. The van der Waals surface area contributed by atoms with Gasteiger partial charge >= 0.3 is 0 Å². The number of para-hydroxylation sites is 1. The number of hydrogen-bond acceptors (Lipinski definition) is 6. The monoisotopic (exact) mass is 456 g/mol. The number of likely N-dealkylation sites (tertiary alicyclic amines) is 1. The molecular formula is C25H24N6O3. The summed E-state index contributed by atoms with van der Waals surface area (Å²) < 4.78 is 6.08. The molecule has 1 saturated heterocycles. The van der Waals surface area contributed by atoms with Crippen LogP contribution in [0.5, 0.6) is 0 Å². The Bertz CT molecular complexity index is 1320. The van der Waals surface area contributed by atoms with Gasteiger partial charge in [0.15, 0.2) is 11.5 Å². The number of oxazole rings is 1. The lowest BCUT2D eigenvalue weighted by Gasteiger charge is -2.37. The summed E-state index contributed by atoms with van der Waals surface area (Å²) in [6, 6.07) is 16.6. The smallest absolute Gasteiger partial charge is 0.271 e. The van der Waals surface area contributed by atoms with Gasteiger partial charge in [0.25, 0.3) is 11.8 Å². The second kappa shape index (κ2) is 8.93.